The van der Waals surface area contributed by atoms with Gasteiger partial charge in [-0.15, -0.1) is 0 Å². The molecular weight excluding hydrogens is 387 g/mol. The Bertz CT molecular complexity index is 1140. The van der Waals surface area contributed by atoms with Gasteiger partial charge in [0, 0.05) is 43.7 Å². The molecule has 2 aromatic heterocycles. The Hall–Kier alpha value is -3.88. The predicted molar refractivity (Wildman–Crippen MR) is 113 cm³/mol. The molecule has 0 fully saturated rings. The topological polar surface area (TPSA) is 108 Å². The van der Waals surface area contributed by atoms with Crippen molar-refractivity contribution >= 4 is 11.9 Å². The van der Waals surface area contributed by atoms with Gasteiger partial charge >= 0.3 is 0 Å². The quantitative estimate of drug-likeness (QED) is 0.601. The van der Waals surface area contributed by atoms with Gasteiger partial charge in [-0.25, -0.2) is 19.0 Å². The Balaban J connectivity index is 1.93. The molecule has 0 amide bonds. The van der Waals surface area contributed by atoms with Crippen LogP contribution in [0.3, 0.4) is 0 Å². The second kappa shape index (κ2) is 9.55. The van der Waals surface area contributed by atoms with Gasteiger partial charge in [0.05, 0.1) is 24.7 Å². The van der Waals surface area contributed by atoms with E-state index in [9.17, 15) is 9.18 Å². The Kier molecular flexibility index (Phi) is 6.63. The van der Waals surface area contributed by atoms with Gasteiger partial charge in [-0.2, -0.15) is 5.10 Å². The summed E-state index contributed by atoms with van der Waals surface area (Å²) in [6.07, 6.45) is 7.54. The largest absolute Gasteiger partial charge is 0.491 e. The van der Waals surface area contributed by atoms with E-state index in [1.165, 1.54) is 53.9 Å². The number of hydrogen-bond donors (Lipinski definition) is 1. The lowest BCUT2D eigenvalue weighted by Gasteiger charge is -2.09. The number of hydrogen-bond acceptors (Lipinski definition) is 7. The molecule has 3 rings (SSSR count). The highest BCUT2D eigenvalue weighted by Crippen LogP contribution is 2.21. The summed E-state index contributed by atoms with van der Waals surface area (Å²) in [4.78, 5) is 24.6. The monoisotopic (exact) mass is 408 g/mol. The maximum absolute atomic E-state index is 14.3. The molecule has 0 radical (unpaired) electrons. The zero-order valence-corrected chi connectivity index (χ0v) is 16.6. The van der Waals surface area contributed by atoms with Gasteiger partial charge in [0.1, 0.15) is 11.5 Å². The van der Waals surface area contributed by atoms with Crippen molar-refractivity contribution in [1.29, 1.82) is 0 Å². The van der Waals surface area contributed by atoms with E-state index in [0.717, 1.165) is 0 Å². The molecule has 0 unspecified atom stereocenters. The average molecular weight is 408 g/mol. The van der Waals surface area contributed by atoms with E-state index >= 15 is 0 Å². The van der Waals surface area contributed by atoms with E-state index in [1.807, 2.05) is 6.92 Å². The maximum atomic E-state index is 14.3. The van der Waals surface area contributed by atoms with Gasteiger partial charge in [-0.3, -0.25) is 9.79 Å². The normalized spacial score (nSPS) is 11.8. The van der Waals surface area contributed by atoms with Crippen molar-refractivity contribution in [2.24, 2.45) is 10.7 Å². The van der Waals surface area contributed by atoms with Gasteiger partial charge in [0.15, 0.2) is 11.6 Å². The van der Waals surface area contributed by atoms with E-state index in [0.29, 0.717) is 35.0 Å². The van der Waals surface area contributed by atoms with Crippen LogP contribution >= 0.6 is 0 Å². The van der Waals surface area contributed by atoms with Gasteiger partial charge < -0.3 is 10.5 Å². The molecule has 2 heterocycles. The first-order valence-electron chi connectivity index (χ1n) is 9.22. The van der Waals surface area contributed by atoms with Gasteiger partial charge in [0.25, 0.3) is 0 Å². The Morgan fingerprint density at radius 1 is 1.30 bits per heavy atom. The van der Waals surface area contributed by atoms with Crippen molar-refractivity contribution in [2.45, 2.75) is 13.3 Å². The minimum atomic E-state index is -0.461. The molecule has 0 bridgehead atoms. The number of halogens is 1. The van der Waals surface area contributed by atoms with Crippen LogP contribution in [0.2, 0.25) is 0 Å². The number of aliphatic imine (C=N–C) groups is 1. The van der Waals surface area contributed by atoms with E-state index < -0.39 is 5.82 Å². The number of nitrogens with two attached hydrogens (primary N) is 1. The average Bonchev–Trinajstić information content (AvgIpc) is 2.74. The van der Waals surface area contributed by atoms with Crippen LogP contribution in [0.5, 0.6) is 5.75 Å². The first-order valence-corrected chi connectivity index (χ1v) is 9.22. The molecule has 0 aliphatic carbocycles. The molecule has 0 atom stereocenters. The third kappa shape index (κ3) is 4.93. The summed E-state index contributed by atoms with van der Waals surface area (Å²) in [7, 11) is 1.60. The third-order valence-corrected chi connectivity index (χ3v) is 4.10. The maximum Gasteiger partial charge on any atom is 0.203 e. The van der Waals surface area contributed by atoms with Crippen LogP contribution in [0.1, 0.15) is 18.2 Å². The molecule has 8 nitrogen and oxygen atoms in total. The summed E-state index contributed by atoms with van der Waals surface area (Å²) in [5.74, 6) is 0.424. The van der Waals surface area contributed by atoms with Crippen LogP contribution in [-0.2, 0) is 6.42 Å². The van der Waals surface area contributed by atoms with Crippen molar-refractivity contribution in [1.82, 2.24) is 19.7 Å². The molecule has 9 heteroatoms. The number of ether oxygens (including phenoxy) is 1. The van der Waals surface area contributed by atoms with Crippen LogP contribution in [0.15, 0.2) is 58.8 Å². The molecule has 0 aliphatic rings. The lowest BCUT2D eigenvalue weighted by molar-refractivity contribution is 0.337. The Morgan fingerprint density at radius 3 is 2.73 bits per heavy atom. The first-order chi connectivity index (χ1) is 14.5. The van der Waals surface area contributed by atoms with Crippen LogP contribution in [-0.4, -0.2) is 39.6 Å². The Morgan fingerprint density at radius 2 is 2.07 bits per heavy atom. The molecule has 154 valence electrons. The summed E-state index contributed by atoms with van der Waals surface area (Å²) in [6, 6.07) is 5.79. The highest BCUT2D eigenvalue weighted by molar-refractivity contribution is 6.01. The molecule has 1 aromatic carbocycles. The summed E-state index contributed by atoms with van der Waals surface area (Å²) in [6.45, 7) is 2.36. The lowest BCUT2D eigenvalue weighted by atomic mass is 10.1. The summed E-state index contributed by atoms with van der Waals surface area (Å²) >= 11 is 0. The molecule has 3 aromatic rings. The molecule has 0 spiro atoms. The fraction of sp³-hybridized carbons (Fsp3) is 0.190. The SMILES string of the molecule is CCOc1cnc(-c2cc(F)cc(Cc3nn(C(C=NC)=CN)ccc3=O)c2)nc1. The van der Waals surface area contributed by atoms with Crippen molar-refractivity contribution in [3.63, 3.8) is 0 Å². The second-order valence-electron chi connectivity index (χ2n) is 6.25. The smallest absolute Gasteiger partial charge is 0.203 e. The molecule has 0 saturated carbocycles. The zero-order valence-electron chi connectivity index (χ0n) is 16.6. The number of nitrogens with zero attached hydrogens (tertiary/aromatic N) is 5. The zero-order chi connectivity index (χ0) is 21.5. The number of rotatable bonds is 7. The van der Waals surface area contributed by atoms with Crippen LogP contribution < -0.4 is 15.9 Å². The van der Waals surface area contributed by atoms with E-state index in [1.54, 1.807) is 13.1 Å². The van der Waals surface area contributed by atoms with Crippen LogP contribution in [0.25, 0.3) is 17.1 Å². The third-order valence-electron chi connectivity index (χ3n) is 4.10. The van der Waals surface area contributed by atoms with E-state index in [-0.39, 0.29) is 17.5 Å². The van der Waals surface area contributed by atoms with Crippen molar-refractivity contribution in [3.8, 4) is 17.1 Å². The predicted octanol–water partition coefficient (Wildman–Crippen LogP) is 2.29. The molecule has 30 heavy (non-hydrogen) atoms. The Labute approximate surface area is 172 Å². The highest BCUT2D eigenvalue weighted by atomic mass is 19.1. The lowest BCUT2D eigenvalue weighted by Crippen LogP contribution is -2.18. The highest BCUT2D eigenvalue weighted by Gasteiger charge is 2.11. The van der Waals surface area contributed by atoms with Crippen molar-refractivity contribution < 1.29 is 9.13 Å². The van der Waals surface area contributed by atoms with Crippen molar-refractivity contribution in [2.75, 3.05) is 13.7 Å². The van der Waals surface area contributed by atoms with Crippen LogP contribution in [0, 0.1) is 5.82 Å². The van der Waals surface area contributed by atoms with Crippen molar-refractivity contribution in [3.05, 3.63) is 76.4 Å². The standard InChI is InChI=1S/C21H21FN6O2/c1-3-30-18-12-25-21(26-13-18)15-6-14(7-16(22)9-15)8-19-20(29)4-5-28(27-19)17(10-23)11-24-2/h4-7,9-13H,3,8,23H2,1-2H3. The molecule has 2 N–H and O–H groups in total. The molecule has 0 saturated heterocycles. The van der Waals surface area contributed by atoms with Gasteiger partial charge in [-0.05, 0) is 30.7 Å². The summed E-state index contributed by atoms with van der Waals surface area (Å²) in [5, 5.41) is 4.32. The van der Waals surface area contributed by atoms with Gasteiger partial charge in [-0.1, -0.05) is 0 Å². The second-order valence-corrected chi connectivity index (χ2v) is 6.25. The van der Waals surface area contributed by atoms with E-state index in [4.69, 9.17) is 10.5 Å². The fourth-order valence-electron chi connectivity index (χ4n) is 2.81. The van der Waals surface area contributed by atoms with Crippen LogP contribution in [0.4, 0.5) is 4.39 Å². The minimum absolute atomic E-state index is 0.128. The molecular formula is C21H21FN6O2. The summed E-state index contributed by atoms with van der Waals surface area (Å²) < 4.78 is 21.0. The van der Waals surface area contributed by atoms with Gasteiger partial charge in [0.2, 0.25) is 5.43 Å². The molecule has 0 aliphatic heterocycles. The van der Waals surface area contributed by atoms with E-state index in [2.05, 4.69) is 20.1 Å². The number of aromatic nitrogens is 4. The fourth-order valence-corrected chi connectivity index (χ4v) is 2.81. The first kappa shape index (κ1) is 20.8. The minimum Gasteiger partial charge on any atom is -0.491 e. The number of benzene rings is 1. The summed E-state index contributed by atoms with van der Waals surface area (Å²) in [5.41, 5.74) is 7.13. The number of allylic oxidation sites excluding steroid dienone is 1.